The summed E-state index contributed by atoms with van der Waals surface area (Å²) in [7, 11) is 3.26. The van der Waals surface area contributed by atoms with Crippen LogP contribution in [0.1, 0.15) is 58.7 Å². The maximum absolute atomic E-state index is 13.4. The molecule has 6 nitrogen and oxygen atoms in total. The highest BCUT2D eigenvalue weighted by Gasteiger charge is 2.20. The summed E-state index contributed by atoms with van der Waals surface area (Å²) in [6, 6.07) is 12.5. The van der Waals surface area contributed by atoms with E-state index < -0.39 is 0 Å². The van der Waals surface area contributed by atoms with Crippen LogP contribution in [-0.2, 0) is 19.6 Å². The van der Waals surface area contributed by atoms with Crippen LogP contribution >= 0.6 is 11.3 Å². The van der Waals surface area contributed by atoms with E-state index in [2.05, 4.69) is 15.2 Å². The topological polar surface area (TPSA) is 63.7 Å². The number of rotatable bonds is 10. The van der Waals surface area contributed by atoms with Crippen LogP contribution in [0.25, 0.3) is 0 Å². The molecule has 3 aromatic rings. The van der Waals surface area contributed by atoms with Crippen molar-refractivity contribution in [1.82, 2.24) is 15.2 Å². The van der Waals surface area contributed by atoms with Gasteiger partial charge in [-0.3, -0.25) is 9.69 Å². The molecule has 35 heavy (non-hydrogen) atoms. The zero-order valence-electron chi connectivity index (χ0n) is 20.3. The van der Waals surface area contributed by atoms with Crippen molar-refractivity contribution < 1.29 is 18.7 Å². The fourth-order valence-corrected chi connectivity index (χ4v) is 5.24. The molecule has 1 aromatic heterocycles. The van der Waals surface area contributed by atoms with Crippen molar-refractivity contribution in [3.8, 4) is 11.5 Å². The molecule has 0 spiro atoms. The van der Waals surface area contributed by atoms with Crippen LogP contribution in [0.2, 0.25) is 0 Å². The molecule has 0 atom stereocenters. The molecule has 1 fully saturated rings. The Labute approximate surface area is 210 Å². The van der Waals surface area contributed by atoms with E-state index in [1.165, 1.54) is 42.7 Å². The van der Waals surface area contributed by atoms with Gasteiger partial charge in [-0.15, -0.1) is 11.3 Å². The first-order valence-electron chi connectivity index (χ1n) is 12.0. The summed E-state index contributed by atoms with van der Waals surface area (Å²) >= 11 is 1.48. The highest BCUT2D eigenvalue weighted by molar-refractivity contribution is 7.09. The number of ether oxygens (including phenoxy) is 2. The molecule has 0 bridgehead atoms. The van der Waals surface area contributed by atoms with Gasteiger partial charge in [0.25, 0.3) is 5.91 Å². The lowest BCUT2D eigenvalue weighted by atomic mass is 9.95. The predicted octanol–water partition coefficient (Wildman–Crippen LogP) is 5.56. The summed E-state index contributed by atoms with van der Waals surface area (Å²) in [5.41, 5.74) is 2.47. The molecule has 8 heteroatoms. The van der Waals surface area contributed by atoms with Crippen LogP contribution in [0.4, 0.5) is 4.39 Å². The summed E-state index contributed by atoms with van der Waals surface area (Å²) in [6.07, 6.45) is 5.66. The lowest BCUT2D eigenvalue weighted by Crippen LogP contribution is -2.36. The van der Waals surface area contributed by atoms with Gasteiger partial charge in [-0.05, 0) is 36.6 Å². The monoisotopic (exact) mass is 497 g/mol. The van der Waals surface area contributed by atoms with Gasteiger partial charge in [0.15, 0.2) is 0 Å². The SMILES string of the molecule is COc1ccc(CN(Cc2ccc(F)cc2)Cc2nc(C(=O)NC3CCCCC3)cs2)c(OC)c1. The Morgan fingerprint density at radius 3 is 2.54 bits per heavy atom. The van der Waals surface area contributed by atoms with Crippen LogP contribution in [0.3, 0.4) is 0 Å². The average molecular weight is 498 g/mol. The number of aromatic nitrogens is 1. The number of amides is 1. The van der Waals surface area contributed by atoms with Crippen LogP contribution < -0.4 is 14.8 Å². The molecule has 1 saturated carbocycles. The fraction of sp³-hybridized carbons (Fsp3) is 0.407. The van der Waals surface area contributed by atoms with E-state index in [0.29, 0.717) is 25.3 Å². The number of halogens is 1. The van der Waals surface area contributed by atoms with Gasteiger partial charge in [0.1, 0.15) is 28.0 Å². The molecular weight excluding hydrogens is 465 g/mol. The summed E-state index contributed by atoms with van der Waals surface area (Å²) in [5, 5.41) is 5.83. The maximum atomic E-state index is 13.4. The number of thiazole rings is 1. The van der Waals surface area contributed by atoms with E-state index >= 15 is 0 Å². The summed E-state index contributed by atoms with van der Waals surface area (Å²) in [4.78, 5) is 19.6. The highest BCUT2D eigenvalue weighted by atomic mass is 32.1. The summed E-state index contributed by atoms with van der Waals surface area (Å²) < 4.78 is 24.4. The van der Waals surface area contributed by atoms with Gasteiger partial charge in [-0.2, -0.15) is 0 Å². The zero-order valence-corrected chi connectivity index (χ0v) is 21.1. The van der Waals surface area contributed by atoms with Crippen molar-refractivity contribution in [2.45, 2.75) is 57.8 Å². The lowest BCUT2D eigenvalue weighted by Gasteiger charge is -2.23. The van der Waals surface area contributed by atoms with Gasteiger partial charge in [0.05, 0.1) is 20.8 Å². The van der Waals surface area contributed by atoms with Gasteiger partial charge >= 0.3 is 0 Å². The molecular formula is C27H32FN3O3S. The van der Waals surface area contributed by atoms with Crippen molar-refractivity contribution in [3.05, 3.63) is 75.5 Å². The molecule has 2 aromatic carbocycles. The Balaban J connectivity index is 1.49. The number of hydrogen-bond acceptors (Lipinski definition) is 6. The number of nitrogens with one attached hydrogen (secondary N) is 1. The average Bonchev–Trinajstić information content (AvgIpc) is 3.35. The second-order valence-electron chi connectivity index (χ2n) is 8.88. The highest BCUT2D eigenvalue weighted by Crippen LogP contribution is 2.27. The molecule has 0 saturated heterocycles. The molecule has 1 aliphatic rings. The minimum Gasteiger partial charge on any atom is -0.497 e. The molecule has 1 amide bonds. The number of carbonyl (C=O) groups excluding carboxylic acids is 1. The Kier molecular flexibility index (Phi) is 8.71. The molecule has 1 N–H and O–H groups in total. The first kappa shape index (κ1) is 25.1. The zero-order chi connectivity index (χ0) is 24.6. The van der Waals surface area contributed by atoms with E-state index in [1.54, 1.807) is 26.4 Å². The maximum Gasteiger partial charge on any atom is 0.270 e. The summed E-state index contributed by atoms with van der Waals surface area (Å²) in [5.74, 6) is 1.11. The first-order valence-corrected chi connectivity index (χ1v) is 12.8. The van der Waals surface area contributed by atoms with E-state index in [0.717, 1.165) is 40.5 Å². The van der Waals surface area contributed by atoms with E-state index in [4.69, 9.17) is 9.47 Å². The number of methoxy groups -OCH3 is 2. The minimum atomic E-state index is -0.259. The summed E-state index contributed by atoms with van der Waals surface area (Å²) in [6.45, 7) is 1.74. The lowest BCUT2D eigenvalue weighted by molar-refractivity contribution is 0.0923. The van der Waals surface area contributed by atoms with Crippen molar-refractivity contribution in [3.63, 3.8) is 0 Å². The Morgan fingerprint density at radius 1 is 1.06 bits per heavy atom. The number of carbonyl (C=O) groups is 1. The molecule has 186 valence electrons. The van der Waals surface area contributed by atoms with Gasteiger partial charge in [0.2, 0.25) is 0 Å². The smallest absolute Gasteiger partial charge is 0.270 e. The van der Waals surface area contributed by atoms with Gasteiger partial charge in [-0.1, -0.05) is 37.5 Å². The van der Waals surface area contributed by atoms with E-state index in [1.807, 2.05) is 23.6 Å². The quantitative estimate of drug-likeness (QED) is 0.397. The van der Waals surface area contributed by atoms with Crippen LogP contribution in [0.5, 0.6) is 11.5 Å². The normalized spacial score (nSPS) is 14.2. The molecule has 1 aliphatic carbocycles. The van der Waals surface area contributed by atoms with Gasteiger partial charge in [-0.25, -0.2) is 9.37 Å². The van der Waals surface area contributed by atoms with Crippen LogP contribution in [-0.4, -0.2) is 36.1 Å². The molecule has 0 unspecified atom stereocenters. The van der Waals surface area contributed by atoms with E-state index in [9.17, 15) is 9.18 Å². The van der Waals surface area contributed by atoms with Gasteiger partial charge < -0.3 is 14.8 Å². The van der Waals surface area contributed by atoms with Crippen LogP contribution in [0, 0.1) is 5.82 Å². The third-order valence-corrected chi connectivity index (χ3v) is 7.12. The molecule has 4 rings (SSSR count). The molecule has 0 radical (unpaired) electrons. The third kappa shape index (κ3) is 7.02. The Bertz CT molecular complexity index is 1110. The van der Waals surface area contributed by atoms with Crippen molar-refractivity contribution in [1.29, 1.82) is 0 Å². The van der Waals surface area contributed by atoms with Crippen molar-refractivity contribution >= 4 is 17.2 Å². The largest absolute Gasteiger partial charge is 0.497 e. The Hall–Kier alpha value is -2.97. The third-order valence-electron chi connectivity index (χ3n) is 6.29. The first-order chi connectivity index (χ1) is 17.0. The second-order valence-corrected chi connectivity index (χ2v) is 9.83. The van der Waals surface area contributed by atoms with Crippen LogP contribution in [0.15, 0.2) is 47.8 Å². The number of hydrogen-bond donors (Lipinski definition) is 1. The Morgan fingerprint density at radius 2 is 1.83 bits per heavy atom. The van der Waals surface area contributed by atoms with Crippen molar-refractivity contribution in [2.75, 3.05) is 14.2 Å². The van der Waals surface area contributed by atoms with Gasteiger partial charge in [0, 0.05) is 36.1 Å². The van der Waals surface area contributed by atoms with E-state index in [-0.39, 0.29) is 17.8 Å². The fourth-order valence-electron chi connectivity index (χ4n) is 4.42. The standard InChI is InChI=1S/C27H32FN3O3S/c1-33-23-13-10-20(25(14-23)34-2)16-31(15-19-8-11-21(28)12-9-19)17-26-30-24(18-35-26)27(32)29-22-6-4-3-5-7-22/h8-14,18,22H,3-7,15-17H2,1-2H3,(H,29,32). The molecule has 0 aliphatic heterocycles. The minimum absolute atomic E-state index is 0.0960. The predicted molar refractivity (Wildman–Crippen MR) is 135 cm³/mol. The molecule has 1 heterocycles. The second kappa shape index (κ2) is 12.1. The van der Waals surface area contributed by atoms with Crippen molar-refractivity contribution in [2.24, 2.45) is 0 Å². The number of nitrogens with zero attached hydrogens (tertiary/aromatic N) is 2. The number of benzene rings is 2.